The SMILES string of the molecule is NC(=O)[C@@H]1CCCN(C(=O)CNc2ccc(F)cc2Cl)C1. The van der Waals surface area contributed by atoms with Gasteiger partial charge in [-0.3, -0.25) is 9.59 Å². The number of nitrogens with zero attached hydrogens (tertiary/aromatic N) is 1. The van der Waals surface area contributed by atoms with Gasteiger partial charge in [-0.15, -0.1) is 0 Å². The Labute approximate surface area is 127 Å². The van der Waals surface area contributed by atoms with Crippen molar-refractivity contribution in [1.29, 1.82) is 0 Å². The Morgan fingerprint density at radius 2 is 2.24 bits per heavy atom. The van der Waals surface area contributed by atoms with Crippen molar-refractivity contribution in [1.82, 2.24) is 4.90 Å². The molecule has 21 heavy (non-hydrogen) atoms. The van der Waals surface area contributed by atoms with Crippen LogP contribution in [0.15, 0.2) is 18.2 Å². The molecule has 1 fully saturated rings. The summed E-state index contributed by atoms with van der Waals surface area (Å²) in [5, 5.41) is 3.09. The third-order valence-corrected chi connectivity index (χ3v) is 3.85. The van der Waals surface area contributed by atoms with Crippen LogP contribution >= 0.6 is 11.6 Å². The van der Waals surface area contributed by atoms with E-state index in [2.05, 4.69) is 5.32 Å². The van der Waals surface area contributed by atoms with Crippen molar-refractivity contribution in [2.24, 2.45) is 11.7 Å². The predicted molar refractivity (Wildman–Crippen MR) is 78.4 cm³/mol. The Balaban J connectivity index is 1.90. The van der Waals surface area contributed by atoms with Crippen molar-refractivity contribution >= 4 is 29.1 Å². The van der Waals surface area contributed by atoms with Gasteiger partial charge in [0.1, 0.15) is 5.82 Å². The number of nitrogens with two attached hydrogens (primary N) is 1. The number of halogens is 2. The van der Waals surface area contributed by atoms with Gasteiger partial charge in [0.25, 0.3) is 0 Å². The zero-order valence-electron chi connectivity index (χ0n) is 11.4. The quantitative estimate of drug-likeness (QED) is 0.887. The van der Waals surface area contributed by atoms with E-state index in [1.54, 1.807) is 4.90 Å². The van der Waals surface area contributed by atoms with E-state index >= 15 is 0 Å². The van der Waals surface area contributed by atoms with Crippen LogP contribution in [0, 0.1) is 11.7 Å². The van der Waals surface area contributed by atoms with Crippen molar-refractivity contribution in [3.05, 3.63) is 29.0 Å². The number of anilines is 1. The third kappa shape index (κ3) is 4.07. The number of hydrogen-bond acceptors (Lipinski definition) is 3. The molecule has 1 aromatic rings. The number of likely N-dealkylation sites (tertiary alicyclic amines) is 1. The fourth-order valence-corrected chi connectivity index (χ4v) is 2.59. The van der Waals surface area contributed by atoms with Crippen LogP contribution in [0.3, 0.4) is 0 Å². The molecular weight excluding hydrogens is 297 g/mol. The summed E-state index contributed by atoms with van der Waals surface area (Å²) in [5.41, 5.74) is 5.78. The molecule has 2 rings (SSSR count). The largest absolute Gasteiger partial charge is 0.375 e. The predicted octanol–water partition coefficient (Wildman–Crippen LogP) is 1.61. The highest BCUT2D eigenvalue weighted by Gasteiger charge is 2.26. The molecule has 0 radical (unpaired) electrons. The summed E-state index contributed by atoms with van der Waals surface area (Å²) in [4.78, 5) is 24.9. The van der Waals surface area contributed by atoms with Gasteiger partial charge >= 0.3 is 0 Å². The molecule has 5 nitrogen and oxygen atoms in total. The number of primary amides is 1. The van der Waals surface area contributed by atoms with Gasteiger partial charge in [0.2, 0.25) is 11.8 Å². The van der Waals surface area contributed by atoms with E-state index < -0.39 is 5.82 Å². The van der Waals surface area contributed by atoms with Crippen LogP contribution in [-0.4, -0.2) is 36.3 Å². The lowest BCUT2D eigenvalue weighted by Crippen LogP contribution is -2.45. The molecule has 1 aliphatic rings. The lowest BCUT2D eigenvalue weighted by molar-refractivity contribution is -0.133. The van der Waals surface area contributed by atoms with Crippen molar-refractivity contribution in [3.8, 4) is 0 Å². The minimum Gasteiger partial charge on any atom is -0.375 e. The van der Waals surface area contributed by atoms with Gasteiger partial charge in [-0.2, -0.15) is 0 Å². The van der Waals surface area contributed by atoms with E-state index in [0.29, 0.717) is 18.8 Å². The zero-order valence-corrected chi connectivity index (χ0v) is 12.2. The van der Waals surface area contributed by atoms with Crippen LogP contribution in [0.1, 0.15) is 12.8 Å². The maximum Gasteiger partial charge on any atom is 0.241 e. The maximum atomic E-state index is 12.9. The standard InChI is InChI=1S/C14H17ClFN3O2/c15-11-6-10(16)3-4-12(11)18-7-13(20)19-5-1-2-9(8-19)14(17)21/h3-4,6,9,18H,1-2,5,7-8H2,(H2,17,21)/t9-/m1/s1. The summed E-state index contributed by atoms with van der Waals surface area (Å²) >= 11 is 5.87. The molecule has 1 heterocycles. The van der Waals surface area contributed by atoms with Crippen molar-refractivity contribution in [2.75, 3.05) is 25.0 Å². The summed E-state index contributed by atoms with van der Waals surface area (Å²) in [6, 6.07) is 3.93. The first-order valence-corrected chi connectivity index (χ1v) is 7.11. The van der Waals surface area contributed by atoms with Gasteiger partial charge in [-0.25, -0.2) is 4.39 Å². The molecule has 1 atom stereocenters. The smallest absolute Gasteiger partial charge is 0.241 e. The number of piperidine rings is 1. The summed E-state index contributed by atoms with van der Waals surface area (Å²) in [6.45, 7) is 1.01. The molecular formula is C14H17ClFN3O2. The second kappa shape index (κ2) is 6.76. The summed E-state index contributed by atoms with van der Waals surface area (Å²) in [5.74, 6) is -1.22. The van der Waals surface area contributed by atoms with Gasteiger partial charge in [-0.1, -0.05) is 11.6 Å². The summed E-state index contributed by atoms with van der Waals surface area (Å²) in [7, 11) is 0. The van der Waals surface area contributed by atoms with Crippen LogP contribution in [-0.2, 0) is 9.59 Å². The zero-order chi connectivity index (χ0) is 15.4. The third-order valence-electron chi connectivity index (χ3n) is 3.54. The van der Waals surface area contributed by atoms with Gasteiger partial charge in [-0.05, 0) is 31.0 Å². The highest BCUT2D eigenvalue weighted by atomic mass is 35.5. The Bertz CT molecular complexity index is 553. The Morgan fingerprint density at radius 1 is 1.48 bits per heavy atom. The Kier molecular flexibility index (Phi) is 5.01. The average molecular weight is 314 g/mol. The van der Waals surface area contributed by atoms with Gasteiger partial charge in [0.05, 0.1) is 23.2 Å². The molecule has 0 saturated carbocycles. The van der Waals surface area contributed by atoms with Gasteiger partial charge < -0.3 is 16.0 Å². The first-order valence-electron chi connectivity index (χ1n) is 6.73. The van der Waals surface area contributed by atoms with Crippen LogP contribution in [0.2, 0.25) is 5.02 Å². The molecule has 0 unspecified atom stereocenters. The first kappa shape index (κ1) is 15.6. The van der Waals surface area contributed by atoms with Gasteiger partial charge in [0, 0.05) is 13.1 Å². The van der Waals surface area contributed by atoms with E-state index in [0.717, 1.165) is 12.8 Å². The lowest BCUT2D eigenvalue weighted by atomic mass is 9.97. The van der Waals surface area contributed by atoms with Crippen LogP contribution in [0.5, 0.6) is 0 Å². The lowest BCUT2D eigenvalue weighted by Gasteiger charge is -2.31. The highest BCUT2D eigenvalue weighted by molar-refractivity contribution is 6.33. The van der Waals surface area contributed by atoms with E-state index in [4.69, 9.17) is 17.3 Å². The highest BCUT2D eigenvalue weighted by Crippen LogP contribution is 2.22. The molecule has 1 aliphatic heterocycles. The molecule has 2 amide bonds. The van der Waals surface area contributed by atoms with Crippen molar-refractivity contribution in [3.63, 3.8) is 0 Å². The number of hydrogen-bond donors (Lipinski definition) is 2. The molecule has 1 aromatic carbocycles. The number of benzene rings is 1. The molecule has 7 heteroatoms. The molecule has 0 bridgehead atoms. The van der Waals surface area contributed by atoms with E-state index in [1.165, 1.54) is 18.2 Å². The Hall–Kier alpha value is -1.82. The van der Waals surface area contributed by atoms with Crippen molar-refractivity contribution in [2.45, 2.75) is 12.8 Å². The normalized spacial score (nSPS) is 18.4. The van der Waals surface area contributed by atoms with Crippen LogP contribution in [0.4, 0.5) is 10.1 Å². The topological polar surface area (TPSA) is 75.4 Å². The number of carbonyl (C=O) groups is 2. The minimum absolute atomic E-state index is 0.0385. The fraction of sp³-hybridized carbons (Fsp3) is 0.429. The molecule has 0 spiro atoms. The maximum absolute atomic E-state index is 12.9. The molecule has 3 N–H and O–H groups in total. The van der Waals surface area contributed by atoms with Gasteiger partial charge in [0.15, 0.2) is 0 Å². The molecule has 0 aromatic heterocycles. The molecule has 1 saturated heterocycles. The minimum atomic E-state index is -0.433. The van der Waals surface area contributed by atoms with E-state index in [9.17, 15) is 14.0 Å². The summed E-state index contributed by atoms with van der Waals surface area (Å²) in [6.07, 6.45) is 1.48. The number of carbonyl (C=O) groups excluding carboxylic acids is 2. The number of rotatable bonds is 4. The summed E-state index contributed by atoms with van der Waals surface area (Å²) < 4.78 is 12.9. The molecule has 0 aliphatic carbocycles. The first-order chi connectivity index (χ1) is 9.97. The second-order valence-electron chi connectivity index (χ2n) is 5.06. The van der Waals surface area contributed by atoms with E-state index in [-0.39, 0.29) is 29.3 Å². The average Bonchev–Trinajstić information content (AvgIpc) is 2.46. The van der Waals surface area contributed by atoms with Crippen molar-refractivity contribution < 1.29 is 14.0 Å². The second-order valence-corrected chi connectivity index (χ2v) is 5.47. The Morgan fingerprint density at radius 3 is 2.90 bits per heavy atom. The van der Waals surface area contributed by atoms with E-state index in [1.807, 2.05) is 0 Å². The fourth-order valence-electron chi connectivity index (χ4n) is 2.35. The number of amides is 2. The van der Waals surface area contributed by atoms with Crippen LogP contribution in [0.25, 0.3) is 0 Å². The number of nitrogens with one attached hydrogen (secondary N) is 1. The monoisotopic (exact) mass is 313 g/mol. The van der Waals surface area contributed by atoms with Crippen LogP contribution < -0.4 is 11.1 Å². The molecule has 114 valence electrons.